The molecule has 0 amide bonds. The molecule has 104 valence electrons. The van der Waals surface area contributed by atoms with Crippen LogP contribution < -0.4 is 5.32 Å². The van der Waals surface area contributed by atoms with E-state index in [2.05, 4.69) is 54.7 Å². The van der Waals surface area contributed by atoms with E-state index >= 15 is 0 Å². The van der Waals surface area contributed by atoms with Gasteiger partial charge in [-0.1, -0.05) is 36.4 Å². The Morgan fingerprint density at radius 2 is 1.79 bits per heavy atom. The van der Waals surface area contributed by atoms with E-state index in [1.165, 1.54) is 23.4 Å². The van der Waals surface area contributed by atoms with Gasteiger partial charge in [0.2, 0.25) is 8.03 Å². The average molecular weight is 281 g/mol. The molecule has 0 aromatic heterocycles. The standard InChI is InChI=1S/C12H13N.C2H7O3P/c1-2-13-12-9-5-7-10-6-3-4-8-11(10)12;1-2(3)6(4)5/h3-9,13H,2H2,1H3;2-3,6H,1H3,(H,4,5). The molecule has 0 bridgehead atoms. The van der Waals surface area contributed by atoms with Gasteiger partial charge in [0.15, 0.2) is 0 Å². The molecule has 19 heavy (non-hydrogen) atoms. The number of benzene rings is 2. The lowest BCUT2D eigenvalue weighted by atomic mass is 10.1. The van der Waals surface area contributed by atoms with Crippen molar-refractivity contribution in [1.29, 1.82) is 0 Å². The molecule has 0 heterocycles. The number of anilines is 1. The summed E-state index contributed by atoms with van der Waals surface area (Å²) < 4.78 is 9.63. The van der Waals surface area contributed by atoms with Crippen molar-refractivity contribution in [2.75, 3.05) is 11.9 Å². The Morgan fingerprint density at radius 1 is 1.21 bits per heavy atom. The third kappa shape index (κ3) is 5.03. The maximum atomic E-state index is 9.63. The zero-order valence-corrected chi connectivity index (χ0v) is 12.1. The molecule has 2 atom stereocenters. The highest BCUT2D eigenvalue weighted by Crippen LogP contribution is 2.22. The second-order valence-corrected chi connectivity index (χ2v) is 5.58. The summed E-state index contributed by atoms with van der Waals surface area (Å²) in [6.45, 7) is 4.36. The van der Waals surface area contributed by atoms with E-state index in [-0.39, 0.29) is 0 Å². The van der Waals surface area contributed by atoms with Gasteiger partial charge in [0, 0.05) is 17.6 Å². The van der Waals surface area contributed by atoms with Crippen molar-refractivity contribution in [2.24, 2.45) is 0 Å². The summed E-state index contributed by atoms with van der Waals surface area (Å²) in [5.74, 6) is -1.05. The van der Waals surface area contributed by atoms with E-state index in [4.69, 9.17) is 10.00 Å². The molecular weight excluding hydrogens is 261 g/mol. The normalized spacial score (nSPS) is 13.3. The Balaban J connectivity index is 0.000000258. The van der Waals surface area contributed by atoms with Crippen LogP contribution in [0.5, 0.6) is 0 Å². The summed E-state index contributed by atoms with van der Waals surface area (Å²) in [5, 5.41) is 14.1. The lowest BCUT2D eigenvalue weighted by molar-refractivity contribution is 0.257. The van der Waals surface area contributed by atoms with Gasteiger partial charge in [0.25, 0.3) is 0 Å². The molecule has 0 fully saturated rings. The van der Waals surface area contributed by atoms with Crippen molar-refractivity contribution in [1.82, 2.24) is 0 Å². The fourth-order valence-corrected chi connectivity index (χ4v) is 1.57. The van der Waals surface area contributed by atoms with Gasteiger partial charge >= 0.3 is 0 Å². The SMILES string of the molecule is CC(O)[PH](=O)O.CCNc1cccc2ccccc12. The van der Waals surface area contributed by atoms with Crippen LogP contribution in [0.1, 0.15) is 13.8 Å². The number of rotatable bonds is 3. The van der Waals surface area contributed by atoms with Crippen molar-refractivity contribution in [2.45, 2.75) is 19.7 Å². The zero-order valence-electron chi connectivity index (χ0n) is 11.1. The smallest absolute Gasteiger partial charge is 0.216 e. The Hall–Kier alpha value is -1.35. The number of hydrogen-bond donors (Lipinski definition) is 3. The first-order valence-corrected chi connectivity index (χ1v) is 7.62. The first kappa shape index (κ1) is 15.7. The van der Waals surface area contributed by atoms with E-state index in [1.54, 1.807) is 0 Å². The molecule has 2 aromatic carbocycles. The van der Waals surface area contributed by atoms with Crippen LogP contribution in [0.15, 0.2) is 42.5 Å². The van der Waals surface area contributed by atoms with Crippen LogP contribution in [0.2, 0.25) is 0 Å². The van der Waals surface area contributed by atoms with E-state index in [0.717, 1.165) is 6.54 Å². The molecule has 0 radical (unpaired) electrons. The van der Waals surface area contributed by atoms with Gasteiger partial charge in [-0.05, 0) is 25.3 Å². The lowest BCUT2D eigenvalue weighted by Gasteiger charge is -2.06. The maximum absolute atomic E-state index is 9.63. The third-order valence-corrected chi connectivity index (χ3v) is 3.23. The minimum Gasteiger partial charge on any atom is -0.385 e. The van der Waals surface area contributed by atoms with Gasteiger partial charge in [-0.25, -0.2) is 0 Å². The summed E-state index contributed by atoms with van der Waals surface area (Å²) in [4.78, 5) is 7.93. The molecule has 0 aliphatic carbocycles. The predicted octanol–water partition coefficient (Wildman–Crippen LogP) is 3.06. The molecule has 2 unspecified atom stereocenters. The van der Waals surface area contributed by atoms with Gasteiger partial charge in [-0.2, -0.15) is 0 Å². The van der Waals surface area contributed by atoms with Crippen LogP contribution in [0, 0.1) is 0 Å². The monoisotopic (exact) mass is 281 g/mol. The summed E-state index contributed by atoms with van der Waals surface area (Å²) in [7, 11) is -2.65. The second-order valence-electron chi connectivity index (χ2n) is 4.07. The van der Waals surface area contributed by atoms with E-state index in [9.17, 15) is 4.57 Å². The number of aliphatic hydroxyl groups excluding tert-OH is 1. The highest BCUT2D eigenvalue weighted by Gasteiger charge is 1.97. The fraction of sp³-hybridized carbons (Fsp3) is 0.286. The van der Waals surface area contributed by atoms with Gasteiger partial charge in [0.05, 0.1) is 0 Å². The Labute approximate surface area is 114 Å². The molecule has 5 heteroatoms. The number of aliphatic hydroxyl groups is 1. The maximum Gasteiger partial charge on any atom is 0.216 e. The highest BCUT2D eigenvalue weighted by atomic mass is 31.1. The fourth-order valence-electron chi connectivity index (χ4n) is 1.57. The minimum atomic E-state index is -2.65. The summed E-state index contributed by atoms with van der Waals surface area (Å²) >= 11 is 0. The molecule has 4 nitrogen and oxygen atoms in total. The van der Waals surface area contributed by atoms with Crippen LogP contribution in [-0.2, 0) is 4.57 Å². The Kier molecular flexibility index (Phi) is 6.57. The van der Waals surface area contributed by atoms with Crippen molar-refractivity contribution in [3.8, 4) is 0 Å². The van der Waals surface area contributed by atoms with Crippen molar-refractivity contribution >= 4 is 24.5 Å². The van der Waals surface area contributed by atoms with Gasteiger partial charge in [-0.15, -0.1) is 0 Å². The molecule has 0 aliphatic rings. The van der Waals surface area contributed by atoms with Crippen molar-refractivity contribution in [3.05, 3.63) is 42.5 Å². The van der Waals surface area contributed by atoms with Gasteiger partial charge in [-0.3, -0.25) is 4.57 Å². The topological polar surface area (TPSA) is 69.6 Å². The molecule has 3 N–H and O–H groups in total. The largest absolute Gasteiger partial charge is 0.385 e. The molecular formula is C14H20NO3P. The van der Waals surface area contributed by atoms with Crippen molar-refractivity contribution < 1.29 is 14.6 Å². The molecule has 0 spiro atoms. The summed E-state index contributed by atoms with van der Waals surface area (Å²) in [5.41, 5.74) is 1.22. The van der Waals surface area contributed by atoms with Gasteiger partial charge < -0.3 is 15.3 Å². The quantitative estimate of drug-likeness (QED) is 0.756. The zero-order chi connectivity index (χ0) is 14.3. The van der Waals surface area contributed by atoms with E-state index in [0.29, 0.717) is 0 Å². The van der Waals surface area contributed by atoms with Crippen LogP contribution in [0.25, 0.3) is 10.8 Å². The molecule has 0 saturated heterocycles. The molecule has 0 aliphatic heterocycles. The predicted molar refractivity (Wildman–Crippen MR) is 81.0 cm³/mol. The Bertz CT molecular complexity index is 538. The van der Waals surface area contributed by atoms with Crippen LogP contribution in [0.3, 0.4) is 0 Å². The second kappa shape index (κ2) is 7.95. The van der Waals surface area contributed by atoms with Gasteiger partial charge in [0.1, 0.15) is 5.85 Å². The molecule has 2 aromatic rings. The lowest BCUT2D eigenvalue weighted by Crippen LogP contribution is -1.96. The number of fused-ring (bicyclic) bond motifs is 1. The van der Waals surface area contributed by atoms with E-state index < -0.39 is 13.9 Å². The highest BCUT2D eigenvalue weighted by molar-refractivity contribution is 7.38. The first-order chi connectivity index (χ1) is 9.06. The van der Waals surface area contributed by atoms with Crippen molar-refractivity contribution in [3.63, 3.8) is 0 Å². The Morgan fingerprint density at radius 3 is 2.37 bits per heavy atom. The van der Waals surface area contributed by atoms with Crippen LogP contribution >= 0.6 is 8.03 Å². The minimum absolute atomic E-state index is 0.966. The van der Waals surface area contributed by atoms with Crippen LogP contribution in [-0.4, -0.2) is 22.4 Å². The number of hydrogen-bond acceptors (Lipinski definition) is 3. The molecule has 2 rings (SSSR count). The summed E-state index contributed by atoms with van der Waals surface area (Å²) in [6.07, 6.45) is 0. The van der Waals surface area contributed by atoms with Crippen LogP contribution in [0.4, 0.5) is 5.69 Å². The summed E-state index contributed by atoms with van der Waals surface area (Å²) in [6, 6.07) is 14.8. The third-order valence-electron chi connectivity index (χ3n) is 2.51. The number of nitrogens with one attached hydrogen (secondary N) is 1. The molecule has 0 saturated carbocycles. The van der Waals surface area contributed by atoms with E-state index in [1.807, 2.05) is 0 Å². The first-order valence-electron chi connectivity index (χ1n) is 6.18. The average Bonchev–Trinajstić information content (AvgIpc) is 2.40.